The summed E-state index contributed by atoms with van der Waals surface area (Å²) in [5.74, 6) is 0.0189. The van der Waals surface area contributed by atoms with Gasteiger partial charge in [-0.15, -0.1) is 0 Å². The van der Waals surface area contributed by atoms with Gasteiger partial charge in [0, 0.05) is 24.1 Å². The molecule has 1 N–H and O–H groups in total. The number of carbonyl (C=O) groups excluding carboxylic acids is 1. The molecule has 0 radical (unpaired) electrons. The molecule has 3 nitrogen and oxygen atoms in total. The van der Waals surface area contributed by atoms with E-state index in [1.807, 2.05) is 6.92 Å². The van der Waals surface area contributed by atoms with E-state index in [1.165, 1.54) is 12.1 Å². The number of rotatable bonds is 4. The third-order valence-corrected chi connectivity index (χ3v) is 3.64. The van der Waals surface area contributed by atoms with Crippen molar-refractivity contribution in [3.05, 3.63) is 41.2 Å². The molecule has 0 aromatic heterocycles. The van der Waals surface area contributed by atoms with Gasteiger partial charge in [-0.3, -0.25) is 4.79 Å². The highest BCUT2D eigenvalue weighted by Crippen LogP contribution is 2.17. The van der Waals surface area contributed by atoms with Crippen molar-refractivity contribution in [3.8, 4) is 0 Å². The number of halogens is 1. The molecule has 1 fully saturated rings. The summed E-state index contributed by atoms with van der Waals surface area (Å²) in [7, 11) is 0. The van der Waals surface area contributed by atoms with Gasteiger partial charge in [0.05, 0.1) is 6.61 Å². The third-order valence-electron chi connectivity index (χ3n) is 3.64. The normalized spacial score (nSPS) is 20.8. The monoisotopic (exact) mass is 277 g/mol. The summed E-state index contributed by atoms with van der Waals surface area (Å²) in [4.78, 5) is 12.1. The molecular formula is C16H20FNO2. The number of carbonyl (C=O) groups is 1. The van der Waals surface area contributed by atoms with Crippen LogP contribution in [0.1, 0.15) is 25.8 Å². The molecule has 0 bridgehead atoms. The molecule has 4 heteroatoms. The van der Waals surface area contributed by atoms with Crippen LogP contribution >= 0.6 is 0 Å². The van der Waals surface area contributed by atoms with Crippen molar-refractivity contribution in [3.63, 3.8) is 0 Å². The maximum Gasteiger partial charge on any atom is 0.247 e. The second-order valence-corrected chi connectivity index (χ2v) is 5.26. The Balaban J connectivity index is 1.95. The largest absolute Gasteiger partial charge is 0.381 e. The predicted molar refractivity (Wildman–Crippen MR) is 76.6 cm³/mol. The Morgan fingerprint density at radius 1 is 1.45 bits per heavy atom. The Kier molecular flexibility index (Phi) is 4.90. The van der Waals surface area contributed by atoms with Gasteiger partial charge in [-0.25, -0.2) is 4.39 Å². The van der Waals surface area contributed by atoms with E-state index in [0.29, 0.717) is 18.1 Å². The zero-order valence-electron chi connectivity index (χ0n) is 11.9. The van der Waals surface area contributed by atoms with Crippen LogP contribution in [0.5, 0.6) is 0 Å². The first-order valence-electron chi connectivity index (χ1n) is 6.89. The van der Waals surface area contributed by atoms with Crippen LogP contribution in [0, 0.1) is 11.7 Å². The highest BCUT2D eigenvalue weighted by molar-refractivity contribution is 5.97. The highest BCUT2D eigenvalue weighted by atomic mass is 19.1. The van der Waals surface area contributed by atoms with Gasteiger partial charge in [0.1, 0.15) is 5.82 Å². The highest BCUT2D eigenvalue weighted by Gasteiger charge is 2.23. The first kappa shape index (κ1) is 14.7. The molecule has 1 aromatic carbocycles. The van der Waals surface area contributed by atoms with Crippen LogP contribution in [-0.2, 0) is 9.53 Å². The average molecular weight is 277 g/mol. The summed E-state index contributed by atoms with van der Waals surface area (Å²) >= 11 is 0. The number of nitrogens with one attached hydrogen (secondary N) is 1. The molecule has 0 saturated carbocycles. The number of amides is 1. The van der Waals surface area contributed by atoms with Crippen molar-refractivity contribution in [2.24, 2.45) is 5.92 Å². The van der Waals surface area contributed by atoms with Crippen molar-refractivity contribution in [1.29, 1.82) is 0 Å². The molecule has 1 amide bonds. The fourth-order valence-electron chi connectivity index (χ4n) is 2.26. The summed E-state index contributed by atoms with van der Waals surface area (Å²) in [6.07, 6.45) is 2.74. The van der Waals surface area contributed by atoms with E-state index in [-0.39, 0.29) is 17.8 Å². The Morgan fingerprint density at radius 2 is 2.15 bits per heavy atom. The Labute approximate surface area is 118 Å². The van der Waals surface area contributed by atoms with Gasteiger partial charge in [0.2, 0.25) is 5.91 Å². The molecule has 0 unspecified atom stereocenters. The van der Waals surface area contributed by atoms with Crippen LogP contribution in [0.15, 0.2) is 29.8 Å². The molecule has 20 heavy (non-hydrogen) atoms. The van der Waals surface area contributed by atoms with Gasteiger partial charge in [0.15, 0.2) is 0 Å². The predicted octanol–water partition coefficient (Wildman–Crippen LogP) is 2.77. The van der Waals surface area contributed by atoms with E-state index in [9.17, 15) is 9.18 Å². The van der Waals surface area contributed by atoms with Crippen molar-refractivity contribution >= 4 is 12.0 Å². The minimum absolute atomic E-state index is 0.0891. The molecule has 2 atom stereocenters. The van der Waals surface area contributed by atoms with Gasteiger partial charge in [0.25, 0.3) is 0 Å². The van der Waals surface area contributed by atoms with Crippen molar-refractivity contribution in [1.82, 2.24) is 5.32 Å². The van der Waals surface area contributed by atoms with Crippen LogP contribution in [0.25, 0.3) is 6.08 Å². The molecule has 1 aromatic rings. The van der Waals surface area contributed by atoms with Crippen LogP contribution in [-0.4, -0.2) is 25.2 Å². The summed E-state index contributed by atoms with van der Waals surface area (Å²) in [5, 5.41) is 2.99. The Bertz CT molecular complexity index is 490. The first-order chi connectivity index (χ1) is 9.56. The molecule has 1 aliphatic heterocycles. The first-order valence-corrected chi connectivity index (χ1v) is 6.89. The molecule has 0 spiro atoms. The SMILES string of the molecule is C/C(=C\c1ccc(F)cc1)C(=O)N[C@@H](C)[C@H]1CCOC1. The van der Waals surface area contributed by atoms with E-state index in [0.717, 1.165) is 18.6 Å². The van der Waals surface area contributed by atoms with Crippen molar-refractivity contribution < 1.29 is 13.9 Å². The molecule has 2 rings (SSSR count). The molecule has 0 aliphatic carbocycles. The topological polar surface area (TPSA) is 38.3 Å². The van der Waals surface area contributed by atoms with Gasteiger partial charge in [-0.1, -0.05) is 12.1 Å². The third kappa shape index (κ3) is 3.90. The summed E-state index contributed by atoms with van der Waals surface area (Å²) < 4.78 is 18.1. The lowest BCUT2D eigenvalue weighted by Crippen LogP contribution is -2.38. The molecule has 1 heterocycles. The average Bonchev–Trinajstić information content (AvgIpc) is 2.95. The number of ether oxygens (including phenoxy) is 1. The Morgan fingerprint density at radius 3 is 2.75 bits per heavy atom. The van der Waals surface area contributed by atoms with E-state index in [1.54, 1.807) is 25.1 Å². The van der Waals surface area contributed by atoms with Crippen molar-refractivity contribution in [2.75, 3.05) is 13.2 Å². The second-order valence-electron chi connectivity index (χ2n) is 5.26. The number of hydrogen-bond acceptors (Lipinski definition) is 2. The van der Waals surface area contributed by atoms with E-state index < -0.39 is 0 Å². The van der Waals surface area contributed by atoms with Gasteiger partial charge < -0.3 is 10.1 Å². The van der Waals surface area contributed by atoms with Gasteiger partial charge in [-0.05, 0) is 44.0 Å². The maximum atomic E-state index is 12.8. The molecule has 1 aliphatic rings. The number of hydrogen-bond donors (Lipinski definition) is 1. The smallest absolute Gasteiger partial charge is 0.247 e. The lowest BCUT2D eigenvalue weighted by Gasteiger charge is -2.19. The van der Waals surface area contributed by atoms with Crippen molar-refractivity contribution in [2.45, 2.75) is 26.3 Å². The minimum Gasteiger partial charge on any atom is -0.381 e. The fraction of sp³-hybridized carbons (Fsp3) is 0.438. The van der Waals surface area contributed by atoms with Gasteiger partial charge >= 0.3 is 0 Å². The van der Waals surface area contributed by atoms with Crippen LogP contribution < -0.4 is 5.32 Å². The quantitative estimate of drug-likeness (QED) is 0.859. The Hall–Kier alpha value is -1.68. The van der Waals surface area contributed by atoms with E-state index in [2.05, 4.69) is 5.32 Å². The summed E-state index contributed by atoms with van der Waals surface area (Å²) in [6.45, 7) is 5.25. The molecular weight excluding hydrogens is 257 g/mol. The maximum absolute atomic E-state index is 12.8. The second kappa shape index (κ2) is 6.66. The summed E-state index contributed by atoms with van der Waals surface area (Å²) in [6, 6.07) is 6.17. The zero-order valence-corrected chi connectivity index (χ0v) is 11.9. The van der Waals surface area contributed by atoms with Crippen LogP contribution in [0.4, 0.5) is 4.39 Å². The zero-order chi connectivity index (χ0) is 14.5. The standard InChI is InChI=1S/C16H20FNO2/c1-11(9-13-3-5-15(17)6-4-13)16(19)18-12(2)14-7-8-20-10-14/h3-6,9,12,14H,7-8,10H2,1-2H3,(H,18,19)/b11-9+/t12-,14-/m0/s1. The lowest BCUT2D eigenvalue weighted by molar-refractivity contribution is -0.118. The summed E-state index contributed by atoms with van der Waals surface area (Å²) in [5.41, 5.74) is 1.43. The lowest BCUT2D eigenvalue weighted by atomic mass is 10.0. The number of benzene rings is 1. The minimum atomic E-state index is -0.279. The van der Waals surface area contributed by atoms with E-state index >= 15 is 0 Å². The molecule has 108 valence electrons. The van der Waals surface area contributed by atoms with Crippen LogP contribution in [0.3, 0.4) is 0 Å². The van der Waals surface area contributed by atoms with Crippen LogP contribution in [0.2, 0.25) is 0 Å². The van der Waals surface area contributed by atoms with E-state index in [4.69, 9.17) is 4.74 Å². The van der Waals surface area contributed by atoms with Gasteiger partial charge in [-0.2, -0.15) is 0 Å². The molecule has 1 saturated heterocycles. The fourth-order valence-corrected chi connectivity index (χ4v) is 2.26.